The number of alkyl halides is 2. The molecule has 2 rings (SSSR count). The van der Waals surface area contributed by atoms with Gasteiger partial charge in [-0.2, -0.15) is 8.78 Å². The quantitative estimate of drug-likeness (QED) is 0.683. The number of nitrogens with one attached hydrogen (secondary N) is 1. The van der Waals surface area contributed by atoms with E-state index in [-0.39, 0.29) is 23.1 Å². The van der Waals surface area contributed by atoms with Gasteiger partial charge in [0.1, 0.15) is 23.1 Å². The van der Waals surface area contributed by atoms with Crippen LogP contribution in [0.1, 0.15) is 0 Å². The Labute approximate surface area is 148 Å². The standard InChI is InChI=1S/C17H17F2N5O2/c1-22-12(8-9-20)16(25)24-14-7-6-11(15(21)23-14)10-4-2-3-5-13(10)26-17(18)19/h2-9,17H,20H2,1H3,(H3,21,23,24,25). The van der Waals surface area contributed by atoms with Crippen LogP contribution in [0.4, 0.5) is 20.4 Å². The molecule has 0 saturated heterocycles. The van der Waals surface area contributed by atoms with Gasteiger partial charge in [0.05, 0.1) is 0 Å². The lowest BCUT2D eigenvalue weighted by atomic mass is 10.1. The number of ether oxygens (including phenoxy) is 1. The Morgan fingerprint density at radius 2 is 2.00 bits per heavy atom. The summed E-state index contributed by atoms with van der Waals surface area (Å²) in [5, 5.41) is 2.53. The Morgan fingerprint density at radius 1 is 1.27 bits per heavy atom. The number of para-hydroxylation sites is 1. The lowest BCUT2D eigenvalue weighted by molar-refractivity contribution is -0.110. The van der Waals surface area contributed by atoms with Crippen LogP contribution >= 0.6 is 0 Å². The number of pyridine rings is 1. The number of nitrogens with zero attached hydrogens (tertiary/aromatic N) is 2. The Morgan fingerprint density at radius 3 is 2.62 bits per heavy atom. The zero-order valence-electron chi connectivity index (χ0n) is 13.8. The van der Waals surface area contributed by atoms with E-state index in [9.17, 15) is 13.6 Å². The minimum absolute atomic E-state index is 0.0266. The Balaban J connectivity index is 2.30. The zero-order valence-corrected chi connectivity index (χ0v) is 13.8. The van der Waals surface area contributed by atoms with Gasteiger partial charge in [0, 0.05) is 18.2 Å². The highest BCUT2D eigenvalue weighted by molar-refractivity contribution is 6.47. The van der Waals surface area contributed by atoms with Crippen LogP contribution in [-0.2, 0) is 4.79 Å². The third-order valence-corrected chi connectivity index (χ3v) is 3.29. The first kappa shape index (κ1) is 18.8. The van der Waals surface area contributed by atoms with Gasteiger partial charge in [0.25, 0.3) is 5.91 Å². The van der Waals surface area contributed by atoms with Crippen molar-refractivity contribution in [2.24, 2.45) is 10.7 Å². The summed E-state index contributed by atoms with van der Waals surface area (Å²) in [6, 6.07) is 9.24. The van der Waals surface area contributed by atoms with Crippen molar-refractivity contribution in [2.75, 3.05) is 18.1 Å². The molecule has 0 radical (unpaired) electrons. The number of hydrogen-bond donors (Lipinski definition) is 3. The molecule has 1 heterocycles. The van der Waals surface area contributed by atoms with Crippen molar-refractivity contribution in [3.63, 3.8) is 0 Å². The normalized spacial score (nSPS) is 11.8. The van der Waals surface area contributed by atoms with Gasteiger partial charge in [0.2, 0.25) is 0 Å². The van der Waals surface area contributed by atoms with E-state index < -0.39 is 12.5 Å². The third-order valence-electron chi connectivity index (χ3n) is 3.29. The molecule has 2 aromatic rings. The molecule has 0 aliphatic carbocycles. The van der Waals surface area contributed by atoms with Crippen LogP contribution in [0.3, 0.4) is 0 Å². The van der Waals surface area contributed by atoms with Crippen molar-refractivity contribution in [3.05, 3.63) is 48.7 Å². The summed E-state index contributed by atoms with van der Waals surface area (Å²) in [6.07, 6.45) is 2.53. The van der Waals surface area contributed by atoms with E-state index in [1.165, 1.54) is 31.5 Å². The molecule has 0 saturated carbocycles. The van der Waals surface area contributed by atoms with E-state index in [0.29, 0.717) is 11.1 Å². The van der Waals surface area contributed by atoms with Crippen molar-refractivity contribution in [2.45, 2.75) is 6.61 Å². The first-order chi connectivity index (χ1) is 12.5. The summed E-state index contributed by atoms with van der Waals surface area (Å²) >= 11 is 0. The predicted octanol–water partition coefficient (Wildman–Crippen LogP) is 2.41. The number of amides is 1. The van der Waals surface area contributed by atoms with Crippen LogP contribution in [-0.4, -0.2) is 30.3 Å². The number of nitrogens with two attached hydrogens (primary N) is 2. The number of hydrogen-bond acceptors (Lipinski definition) is 6. The van der Waals surface area contributed by atoms with Crippen LogP contribution < -0.4 is 21.5 Å². The minimum Gasteiger partial charge on any atom is -0.434 e. The van der Waals surface area contributed by atoms with Crippen molar-refractivity contribution in [1.82, 2.24) is 4.98 Å². The summed E-state index contributed by atoms with van der Waals surface area (Å²) < 4.78 is 29.6. The second-order valence-corrected chi connectivity index (χ2v) is 4.93. The molecule has 0 bridgehead atoms. The summed E-state index contributed by atoms with van der Waals surface area (Å²) in [6.45, 7) is -2.97. The van der Waals surface area contributed by atoms with Gasteiger partial charge < -0.3 is 21.5 Å². The van der Waals surface area contributed by atoms with Gasteiger partial charge in [0.15, 0.2) is 0 Å². The van der Waals surface area contributed by atoms with Crippen LogP contribution in [0, 0.1) is 0 Å². The van der Waals surface area contributed by atoms with Crippen molar-refractivity contribution >= 4 is 23.3 Å². The number of rotatable bonds is 6. The number of anilines is 2. The highest BCUT2D eigenvalue weighted by Gasteiger charge is 2.15. The monoisotopic (exact) mass is 361 g/mol. The highest BCUT2D eigenvalue weighted by Crippen LogP contribution is 2.34. The first-order valence-corrected chi connectivity index (χ1v) is 7.43. The van der Waals surface area contributed by atoms with Gasteiger partial charge >= 0.3 is 6.61 Å². The first-order valence-electron chi connectivity index (χ1n) is 7.43. The number of halogens is 2. The lowest BCUT2D eigenvalue weighted by Gasteiger charge is -2.13. The van der Waals surface area contributed by atoms with E-state index in [2.05, 4.69) is 20.0 Å². The van der Waals surface area contributed by atoms with Gasteiger partial charge in [-0.3, -0.25) is 9.79 Å². The van der Waals surface area contributed by atoms with E-state index in [1.54, 1.807) is 24.3 Å². The maximum atomic E-state index is 12.6. The average molecular weight is 361 g/mol. The summed E-state index contributed by atoms with van der Waals surface area (Å²) in [7, 11) is 1.44. The predicted molar refractivity (Wildman–Crippen MR) is 96.0 cm³/mol. The van der Waals surface area contributed by atoms with Crippen LogP contribution in [0.15, 0.2) is 53.7 Å². The molecule has 7 nitrogen and oxygen atoms in total. The van der Waals surface area contributed by atoms with Crippen LogP contribution in [0.25, 0.3) is 11.1 Å². The molecule has 0 aliphatic rings. The van der Waals surface area contributed by atoms with E-state index in [1.807, 2.05) is 0 Å². The Bertz CT molecular complexity index is 853. The van der Waals surface area contributed by atoms with Crippen molar-refractivity contribution in [3.8, 4) is 16.9 Å². The largest absolute Gasteiger partial charge is 0.434 e. The molecule has 1 amide bonds. The zero-order chi connectivity index (χ0) is 19.1. The Kier molecular flexibility index (Phi) is 6.20. The number of nitrogen functional groups attached to an aromatic ring is 1. The Hall–Kier alpha value is -3.49. The molecule has 0 spiro atoms. The molecule has 26 heavy (non-hydrogen) atoms. The topological polar surface area (TPSA) is 116 Å². The van der Waals surface area contributed by atoms with Gasteiger partial charge in [-0.1, -0.05) is 18.2 Å². The minimum atomic E-state index is -2.97. The van der Waals surface area contributed by atoms with Gasteiger partial charge in [-0.15, -0.1) is 0 Å². The second kappa shape index (κ2) is 8.56. The lowest BCUT2D eigenvalue weighted by Crippen LogP contribution is -2.22. The summed E-state index contributed by atoms with van der Waals surface area (Å²) in [4.78, 5) is 19.9. The number of carbonyl (C=O) groups excluding carboxylic acids is 1. The molecule has 5 N–H and O–H groups in total. The SMILES string of the molecule is CN=C(C=CN)C(=O)Nc1ccc(-c2ccccc2OC(F)F)c(N)n1. The van der Waals surface area contributed by atoms with Crippen LogP contribution in [0.5, 0.6) is 5.75 Å². The molecule has 0 unspecified atom stereocenters. The van der Waals surface area contributed by atoms with Crippen LogP contribution in [0.2, 0.25) is 0 Å². The molecular formula is C17H17F2N5O2. The fourth-order valence-corrected chi connectivity index (χ4v) is 2.18. The smallest absolute Gasteiger partial charge is 0.387 e. The third kappa shape index (κ3) is 4.53. The molecule has 0 atom stereocenters. The fraction of sp³-hybridized carbons (Fsp3) is 0.118. The number of benzene rings is 1. The van der Waals surface area contributed by atoms with Gasteiger partial charge in [-0.25, -0.2) is 4.98 Å². The average Bonchev–Trinajstić information content (AvgIpc) is 2.60. The molecule has 1 aromatic heterocycles. The second-order valence-electron chi connectivity index (χ2n) is 4.93. The molecule has 0 aliphatic heterocycles. The fourth-order valence-electron chi connectivity index (χ4n) is 2.18. The van der Waals surface area contributed by atoms with Crippen molar-refractivity contribution in [1.29, 1.82) is 0 Å². The maximum Gasteiger partial charge on any atom is 0.387 e. The van der Waals surface area contributed by atoms with E-state index >= 15 is 0 Å². The number of aliphatic imine (C=N–C) groups is 1. The molecule has 136 valence electrons. The summed E-state index contributed by atoms with van der Waals surface area (Å²) in [5.41, 5.74) is 12.0. The van der Waals surface area contributed by atoms with Gasteiger partial charge in [-0.05, 0) is 30.5 Å². The molecule has 9 heteroatoms. The van der Waals surface area contributed by atoms with E-state index in [0.717, 1.165) is 0 Å². The van der Waals surface area contributed by atoms with Crippen molar-refractivity contribution < 1.29 is 18.3 Å². The highest BCUT2D eigenvalue weighted by atomic mass is 19.3. The molecule has 1 aromatic carbocycles. The summed E-state index contributed by atoms with van der Waals surface area (Å²) in [5.74, 6) is -0.330. The number of aromatic nitrogens is 1. The number of carbonyl (C=O) groups is 1. The maximum absolute atomic E-state index is 12.6. The van der Waals surface area contributed by atoms with E-state index in [4.69, 9.17) is 11.5 Å². The molecular weight excluding hydrogens is 344 g/mol. The molecule has 0 fully saturated rings.